The van der Waals surface area contributed by atoms with E-state index in [1.807, 2.05) is 0 Å². The first-order valence-electron chi connectivity index (χ1n) is 6.02. The first-order valence-corrected chi connectivity index (χ1v) is 6.02. The molecule has 2 N–H and O–H groups in total. The Hall–Kier alpha value is -2.63. The van der Waals surface area contributed by atoms with Crippen LogP contribution in [0.1, 0.15) is 15.9 Å². The number of ether oxygens (including phenoxy) is 1. The number of aromatic hydroxyl groups is 2. The van der Waals surface area contributed by atoms with Gasteiger partial charge in [-0.3, -0.25) is 4.79 Å². The molecule has 0 unspecified atom stereocenters. The van der Waals surface area contributed by atoms with Gasteiger partial charge in [0.2, 0.25) is 5.78 Å². The van der Waals surface area contributed by atoms with Crippen LogP contribution in [-0.4, -0.2) is 22.6 Å². The highest BCUT2D eigenvalue weighted by atomic mass is 19.1. The van der Waals surface area contributed by atoms with Crippen molar-refractivity contribution < 1.29 is 28.5 Å². The van der Waals surface area contributed by atoms with E-state index in [0.717, 1.165) is 18.2 Å². The highest BCUT2D eigenvalue weighted by molar-refractivity contribution is 6.00. The molecule has 0 fully saturated rings. The summed E-state index contributed by atoms with van der Waals surface area (Å²) in [6, 6.07) is 5.06. The van der Waals surface area contributed by atoms with Crippen LogP contribution >= 0.6 is 0 Å². The molecule has 6 heteroatoms. The molecule has 110 valence electrons. The van der Waals surface area contributed by atoms with E-state index in [2.05, 4.69) is 0 Å². The number of Topliss-reactive ketones (excluding diaryl/α,β-unsaturated/α-hetero) is 1. The third-order valence-corrected chi connectivity index (χ3v) is 2.87. The van der Waals surface area contributed by atoms with Crippen molar-refractivity contribution in [3.8, 4) is 17.2 Å². The summed E-state index contributed by atoms with van der Waals surface area (Å²) < 4.78 is 31.0. The second-order valence-electron chi connectivity index (χ2n) is 4.44. The molecule has 0 heterocycles. The first kappa shape index (κ1) is 14.8. The standard InChI is InChI=1S/C15H12F2O4/c1-8-4-10(13(19)6-12(8)18)14(20)7-21-15-3-2-9(16)5-11(15)17/h2-6,18-19H,7H2,1H3. The molecule has 0 aromatic heterocycles. The Morgan fingerprint density at radius 3 is 2.52 bits per heavy atom. The van der Waals surface area contributed by atoms with Crippen LogP contribution in [0, 0.1) is 18.6 Å². The maximum atomic E-state index is 13.3. The number of rotatable bonds is 4. The Kier molecular flexibility index (Phi) is 4.07. The van der Waals surface area contributed by atoms with Crippen molar-refractivity contribution in [2.24, 2.45) is 0 Å². The average Bonchev–Trinajstić information content (AvgIpc) is 2.41. The van der Waals surface area contributed by atoms with E-state index in [9.17, 15) is 23.8 Å². The second-order valence-corrected chi connectivity index (χ2v) is 4.44. The van der Waals surface area contributed by atoms with Gasteiger partial charge in [-0.1, -0.05) is 0 Å². The van der Waals surface area contributed by atoms with Crippen LogP contribution in [-0.2, 0) is 0 Å². The van der Waals surface area contributed by atoms with Gasteiger partial charge in [0, 0.05) is 12.1 Å². The quantitative estimate of drug-likeness (QED) is 0.851. The zero-order chi connectivity index (χ0) is 15.6. The van der Waals surface area contributed by atoms with E-state index in [1.54, 1.807) is 6.92 Å². The fraction of sp³-hybridized carbons (Fsp3) is 0.133. The van der Waals surface area contributed by atoms with Crippen molar-refractivity contribution in [1.82, 2.24) is 0 Å². The Labute approximate surface area is 119 Å². The minimum atomic E-state index is -0.922. The summed E-state index contributed by atoms with van der Waals surface area (Å²) in [5.74, 6) is -3.08. The largest absolute Gasteiger partial charge is 0.508 e. The van der Waals surface area contributed by atoms with Crippen LogP contribution in [0.4, 0.5) is 8.78 Å². The zero-order valence-electron chi connectivity index (χ0n) is 11.1. The smallest absolute Gasteiger partial charge is 0.203 e. The molecular weight excluding hydrogens is 282 g/mol. The van der Waals surface area contributed by atoms with E-state index in [0.29, 0.717) is 11.6 Å². The second kappa shape index (κ2) is 5.78. The number of carbonyl (C=O) groups is 1. The fourth-order valence-corrected chi connectivity index (χ4v) is 1.72. The number of halogens is 2. The predicted octanol–water partition coefficient (Wildman–Crippen LogP) is 2.95. The topological polar surface area (TPSA) is 66.8 Å². The van der Waals surface area contributed by atoms with E-state index in [1.165, 1.54) is 6.07 Å². The van der Waals surface area contributed by atoms with E-state index in [4.69, 9.17) is 4.74 Å². The number of phenolic OH excluding ortho intramolecular Hbond substituents is 2. The summed E-state index contributed by atoms with van der Waals surface area (Å²) in [5.41, 5.74) is 0.358. The van der Waals surface area contributed by atoms with Gasteiger partial charge < -0.3 is 14.9 Å². The van der Waals surface area contributed by atoms with Crippen LogP contribution in [0.25, 0.3) is 0 Å². The summed E-state index contributed by atoms with van der Waals surface area (Å²) >= 11 is 0. The number of ketones is 1. The minimum Gasteiger partial charge on any atom is -0.508 e. The van der Waals surface area contributed by atoms with Gasteiger partial charge in [-0.25, -0.2) is 8.78 Å². The van der Waals surface area contributed by atoms with Crippen molar-refractivity contribution in [2.45, 2.75) is 6.92 Å². The number of hydrogen-bond donors (Lipinski definition) is 2. The van der Waals surface area contributed by atoms with E-state index < -0.39 is 29.8 Å². The third kappa shape index (κ3) is 3.28. The molecule has 4 nitrogen and oxygen atoms in total. The predicted molar refractivity (Wildman–Crippen MR) is 70.7 cm³/mol. The molecule has 0 aliphatic rings. The Bertz CT molecular complexity index is 698. The molecule has 2 aromatic carbocycles. The molecule has 21 heavy (non-hydrogen) atoms. The average molecular weight is 294 g/mol. The third-order valence-electron chi connectivity index (χ3n) is 2.87. The van der Waals surface area contributed by atoms with Gasteiger partial charge in [0.15, 0.2) is 18.2 Å². The summed E-state index contributed by atoms with van der Waals surface area (Å²) in [7, 11) is 0. The van der Waals surface area contributed by atoms with Crippen LogP contribution in [0.5, 0.6) is 17.2 Å². The molecule has 0 saturated heterocycles. The highest BCUT2D eigenvalue weighted by Crippen LogP contribution is 2.27. The molecule has 0 aliphatic heterocycles. The summed E-state index contributed by atoms with van der Waals surface area (Å²) in [4.78, 5) is 11.9. The summed E-state index contributed by atoms with van der Waals surface area (Å²) in [5, 5.41) is 19.0. The number of carbonyl (C=O) groups excluding carboxylic acids is 1. The summed E-state index contributed by atoms with van der Waals surface area (Å²) in [6.07, 6.45) is 0. The molecule has 2 aromatic rings. The maximum Gasteiger partial charge on any atom is 0.203 e. The first-order chi connectivity index (χ1) is 9.88. The van der Waals surface area contributed by atoms with Gasteiger partial charge in [0.05, 0.1) is 5.56 Å². The molecule has 0 saturated carbocycles. The molecule has 0 amide bonds. The molecule has 0 atom stereocenters. The van der Waals surface area contributed by atoms with Crippen LogP contribution < -0.4 is 4.74 Å². The maximum absolute atomic E-state index is 13.3. The van der Waals surface area contributed by atoms with Crippen molar-refractivity contribution in [3.63, 3.8) is 0 Å². The van der Waals surface area contributed by atoms with Crippen molar-refractivity contribution >= 4 is 5.78 Å². The molecule has 0 aliphatic carbocycles. The molecule has 0 spiro atoms. The van der Waals surface area contributed by atoms with Crippen molar-refractivity contribution in [1.29, 1.82) is 0 Å². The lowest BCUT2D eigenvalue weighted by atomic mass is 10.1. The number of hydrogen-bond acceptors (Lipinski definition) is 4. The van der Waals surface area contributed by atoms with Crippen molar-refractivity contribution in [2.75, 3.05) is 6.61 Å². The van der Waals surface area contributed by atoms with E-state index >= 15 is 0 Å². The minimum absolute atomic E-state index is 0.0483. The molecular formula is C15H12F2O4. The van der Waals surface area contributed by atoms with Gasteiger partial charge in [0.1, 0.15) is 17.3 Å². The lowest BCUT2D eigenvalue weighted by Gasteiger charge is -2.09. The lowest BCUT2D eigenvalue weighted by molar-refractivity contribution is 0.0916. The fourth-order valence-electron chi connectivity index (χ4n) is 1.72. The van der Waals surface area contributed by atoms with Crippen molar-refractivity contribution in [3.05, 3.63) is 53.1 Å². The monoisotopic (exact) mass is 294 g/mol. The van der Waals surface area contributed by atoms with Crippen LogP contribution in [0.3, 0.4) is 0 Å². The normalized spacial score (nSPS) is 10.4. The van der Waals surface area contributed by atoms with Crippen LogP contribution in [0.2, 0.25) is 0 Å². The van der Waals surface area contributed by atoms with Gasteiger partial charge in [-0.15, -0.1) is 0 Å². The Morgan fingerprint density at radius 1 is 1.14 bits per heavy atom. The van der Waals surface area contributed by atoms with Gasteiger partial charge >= 0.3 is 0 Å². The lowest BCUT2D eigenvalue weighted by Crippen LogP contribution is -2.12. The molecule has 0 bridgehead atoms. The van der Waals surface area contributed by atoms with Gasteiger partial charge in [-0.2, -0.15) is 0 Å². The number of benzene rings is 2. The molecule has 2 rings (SSSR count). The van der Waals surface area contributed by atoms with Gasteiger partial charge in [0.25, 0.3) is 0 Å². The van der Waals surface area contributed by atoms with Gasteiger partial charge in [-0.05, 0) is 30.7 Å². The zero-order valence-corrected chi connectivity index (χ0v) is 11.1. The highest BCUT2D eigenvalue weighted by Gasteiger charge is 2.15. The Morgan fingerprint density at radius 2 is 1.86 bits per heavy atom. The Balaban J connectivity index is 2.13. The number of phenols is 2. The molecule has 0 radical (unpaired) electrons. The summed E-state index contributed by atoms with van der Waals surface area (Å²) in [6.45, 7) is 1.03. The SMILES string of the molecule is Cc1cc(C(=O)COc2ccc(F)cc2F)c(O)cc1O. The number of aryl methyl sites for hydroxylation is 1. The van der Waals surface area contributed by atoms with E-state index in [-0.39, 0.29) is 17.1 Å². The van der Waals surface area contributed by atoms with Crippen LogP contribution in [0.15, 0.2) is 30.3 Å².